The van der Waals surface area contributed by atoms with Gasteiger partial charge in [-0.15, -0.1) is 0 Å². The second kappa shape index (κ2) is 3.89. The lowest BCUT2D eigenvalue weighted by Crippen LogP contribution is -2.31. The van der Waals surface area contributed by atoms with Gasteiger partial charge in [-0.2, -0.15) is 0 Å². The molecule has 0 saturated carbocycles. The molecule has 1 aromatic carbocycles. The Bertz CT molecular complexity index is 561. The Balaban J connectivity index is 1.96. The Morgan fingerprint density at radius 1 is 1.41 bits per heavy atom. The van der Waals surface area contributed by atoms with Crippen LogP contribution in [0, 0.1) is 0 Å². The van der Waals surface area contributed by atoms with Crippen molar-refractivity contribution in [3.63, 3.8) is 0 Å². The minimum Gasteiger partial charge on any atom is -0.463 e. The van der Waals surface area contributed by atoms with E-state index >= 15 is 0 Å². The number of likely N-dealkylation sites (tertiary alicyclic amines) is 1. The van der Waals surface area contributed by atoms with Crippen LogP contribution in [0.25, 0.3) is 11.0 Å². The molecule has 2 N–H and O–H groups in total. The summed E-state index contributed by atoms with van der Waals surface area (Å²) in [7, 11) is 0. The standard InChI is InChI=1S/C13H14N2O2/c14-9-5-6-15(7-9)13(16)11-8-17-12-4-2-1-3-10(11)12/h1-4,8-9H,5-7,14H2. The van der Waals surface area contributed by atoms with Crippen molar-refractivity contribution in [2.24, 2.45) is 5.73 Å². The maximum absolute atomic E-state index is 12.3. The van der Waals surface area contributed by atoms with Gasteiger partial charge in [-0.1, -0.05) is 18.2 Å². The number of benzene rings is 1. The quantitative estimate of drug-likeness (QED) is 0.809. The van der Waals surface area contributed by atoms with E-state index in [9.17, 15) is 4.79 Å². The Kier molecular flexibility index (Phi) is 2.37. The Labute approximate surface area is 99.0 Å². The predicted octanol–water partition coefficient (Wildman–Crippen LogP) is 1.61. The van der Waals surface area contributed by atoms with Crippen LogP contribution in [-0.2, 0) is 0 Å². The topological polar surface area (TPSA) is 59.5 Å². The van der Waals surface area contributed by atoms with Crippen LogP contribution >= 0.6 is 0 Å². The summed E-state index contributed by atoms with van der Waals surface area (Å²) in [4.78, 5) is 14.1. The number of carbonyl (C=O) groups excluding carboxylic acids is 1. The zero-order valence-corrected chi connectivity index (χ0v) is 9.43. The Hall–Kier alpha value is -1.81. The minimum absolute atomic E-state index is 0.0166. The molecule has 1 aliphatic rings. The van der Waals surface area contributed by atoms with Gasteiger partial charge in [0.2, 0.25) is 0 Å². The number of hydrogen-bond donors (Lipinski definition) is 1. The van der Waals surface area contributed by atoms with Gasteiger partial charge in [0.15, 0.2) is 0 Å². The molecule has 3 rings (SSSR count). The Morgan fingerprint density at radius 2 is 2.24 bits per heavy atom. The van der Waals surface area contributed by atoms with Crippen molar-refractivity contribution < 1.29 is 9.21 Å². The first kappa shape index (κ1) is 10.4. The lowest BCUT2D eigenvalue weighted by molar-refractivity contribution is 0.0792. The van der Waals surface area contributed by atoms with E-state index in [1.54, 1.807) is 4.90 Å². The van der Waals surface area contributed by atoms with Crippen LogP contribution in [0.2, 0.25) is 0 Å². The van der Waals surface area contributed by atoms with E-state index in [-0.39, 0.29) is 11.9 Å². The van der Waals surface area contributed by atoms with Gasteiger partial charge < -0.3 is 15.1 Å². The number of para-hydroxylation sites is 1. The Morgan fingerprint density at radius 3 is 3.00 bits per heavy atom. The fourth-order valence-electron chi connectivity index (χ4n) is 2.29. The summed E-state index contributed by atoms with van der Waals surface area (Å²) in [6.45, 7) is 1.37. The third-order valence-corrected chi connectivity index (χ3v) is 3.22. The van der Waals surface area contributed by atoms with E-state index < -0.39 is 0 Å². The van der Waals surface area contributed by atoms with Crippen LogP contribution in [0.3, 0.4) is 0 Å². The number of amides is 1. The molecular weight excluding hydrogens is 216 g/mol. The van der Waals surface area contributed by atoms with E-state index in [1.807, 2.05) is 24.3 Å². The first-order valence-electron chi connectivity index (χ1n) is 5.77. The van der Waals surface area contributed by atoms with E-state index in [1.165, 1.54) is 6.26 Å². The number of fused-ring (bicyclic) bond motifs is 1. The molecule has 0 radical (unpaired) electrons. The van der Waals surface area contributed by atoms with Crippen molar-refractivity contribution in [1.29, 1.82) is 0 Å². The molecule has 4 nitrogen and oxygen atoms in total. The number of nitrogens with zero attached hydrogens (tertiary/aromatic N) is 1. The average molecular weight is 230 g/mol. The summed E-state index contributed by atoms with van der Waals surface area (Å²) < 4.78 is 5.38. The molecule has 1 aliphatic heterocycles. The highest BCUT2D eigenvalue weighted by molar-refractivity contribution is 6.05. The molecule has 2 aromatic rings. The molecule has 1 aromatic heterocycles. The molecule has 1 unspecified atom stereocenters. The molecule has 0 spiro atoms. The van der Waals surface area contributed by atoms with Gasteiger partial charge in [0.05, 0.1) is 5.56 Å². The van der Waals surface area contributed by atoms with Gasteiger partial charge in [-0.25, -0.2) is 0 Å². The van der Waals surface area contributed by atoms with Crippen LogP contribution < -0.4 is 5.73 Å². The molecule has 4 heteroatoms. The third kappa shape index (κ3) is 1.70. The molecule has 1 atom stereocenters. The molecule has 88 valence electrons. The third-order valence-electron chi connectivity index (χ3n) is 3.22. The molecule has 1 saturated heterocycles. The van der Waals surface area contributed by atoms with Gasteiger partial charge in [-0.3, -0.25) is 4.79 Å². The fourth-order valence-corrected chi connectivity index (χ4v) is 2.29. The summed E-state index contributed by atoms with van der Waals surface area (Å²) in [5, 5.41) is 0.873. The molecule has 17 heavy (non-hydrogen) atoms. The van der Waals surface area contributed by atoms with Crippen LogP contribution in [0.5, 0.6) is 0 Å². The maximum atomic E-state index is 12.3. The number of furan rings is 1. The smallest absolute Gasteiger partial charge is 0.257 e. The molecule has 1 amide bonds. The maximum Gasteiger partial charge on any atom is 0.257 e. The molecule has 1 fully saturated rings. The van der Waals surface area contributed by atoms with Crippen LogP contribution in [0.4, 0.5) is 0 Å². The number of nitrogens with two attached hydrogens (primary N) is 1. The zero-order chi connectivity index (χ0) is 11.8. The van der Waals surface area contributed by atoms with Gasteiger partial charge in [0.25, 0.3) is 5.91 Å². The molecule has 2 heterocycles. The van der Waals surface area contributed by atoms with Crippen molar-refractivity contribution in [3.05, 3.63) is 36.1 Å². The average Bonchev–Trinajstić information content (AvgIpc) is 2.94. The van der Waals surface area contributed by atoms with E-state index in [0.717, 1.165) is 23.9 Å². The van der Waals surface area contributed by atoms with Crippen molar-refractivity contribution >= 4 is 16.9 Å². The van der Waals surface area contributed by atoms with Crippen molar-refractivity contribution in [1.82, 2.24) is 4.90 Å². The number of hydrogen-bond acceptors (Lipinski definition) is 3. The van der Waals surface area contributed by atoms with Crippen LogP contribution in [0.1, 0.15) is 16.8 Å². The molecule has 0 bridgehead atoms. The predicted molar refractivity (Wildman–Crippen MR) is 64.7 cm³/mol. The fraction of sp³-hybridized carbons (Fsp3) is 0.308. The summed E-state index contributed by atoms with van der Waals surface area (Å²) in [6, 6.07) is 7.68. The highest BCUT2D eigenvalue weighted by Gasteiger charge is 2.26. The lowest BCUT2D eigenvalue weighted by Gasteiger charge is -2.14. The minimum atomic E-state index is 0.0166. The van der Waals surface area contributed by atoms with Crippen LogP contribution in [-0.4, -0.2) is 29.9 Å². The lowest BCUT2D eigenvalue weighted by atomic mass is 10.1. The normalized spacial score (nSPS) is 20.1. The number of carbonyl (C=O) groups is 1. The SMILES string of the molecule is NC1CCN(C(=O)c2coc3ccccc23)C1. The summed E-state index contributed by atoms with van der Waals surface area (Å²) in [5.74, 6) is 0.0166. The van der Waals surface area contributed by atoms with E-state index in [2.05, 4.69) is 0 Å². The van der Waals surface area contributed by atoms with E-state index in [0.29, 0.717) is 12.1 Å². The second-order valence-electron chi connectivity index (χ2n) is 4.45. The van der Waals surface area contributed by atoms with Gasteiger partial charge >= 0.3 is 0 Å². The van der Waals surface area contributed by atoms with Gasteiger partial charge in [-0.05, 0) is 12.5 Å². The highest BCUT2D eigenvalue weighted by Crippen LogP contribution is 2.23. The first-order chi connectivity index (χ1) is 8.25. The summed E-state index contributed by atoms with van der Waals surface area (Å²) >= 11 is 0. The monoisotopic (exact) mass is 230 g/mol. The van der Waals surface area contributed by atoms with Crippen molar-refractivity contribution in [2.75, 3.05) is 13.1 Å². The number of rotatable bonds is 1. The largest absolute Gasteiger partial charge is 0.463 e. The summed E-state index contributed by atoms with van der Waals surface area (Å²) in [6.07, 6.45) is 2.42. The van der Waals surface area contributed by atoms with Gasteiger partial charge in [0.1, 0.15) is 11.8 Å². The second-order valence-corrected chi connectivity index (χ2v) is 4.45. The van der Waals surface area contributed by atoms with Crippen molar-refractivity contribution in [2.45, 2.75) is 12.5 Å². The van der Waals surface area contributed by atoms with E-state index in [4.69, 9.17) is 10.2 Å². The zero-order valence-electron chi connectivity index (χ0n) is 9.43. The molecular formula is C13H14N2O2. The molecule has 0 aliphatic carbocycles. The van der Waals surface area contributed by atoms with Crippen molar-refractivity contribution in [3.8, 4) is 0 Å². The van der Waals surface area contributed by atoms with Gasteiger partial charge in [0, 0.05) is 24.5 Å². The first-order valence-corrected chi connectivity index (χ1v) is 5.77. The highest BCUT2D eigenvalue weighted by atomic mass is 16.3. The summed E-state index contributed by atoms with van der Waals surface area (Å²) in [5.41, 5.74) is 7.20. The van der Waals surface area contributed by atoms with Crippen LogP contribution in [0.15, 0.2) is 34.9 Å².